The number of piperidine rings is 1. The van der Waals surface area contributed by atoms with Crippen molar-refractivity contribution in [1.29, 1.82) is 0 Å². The van der Waals surface area contributed by atoms with Crippen LogP contribution in [-0.4, -0.2) is 62.3 Å². The van der Waals surface area contributed by atoms with Gasteiger partial charge in [-0.25, -0.2) is 18.4 Å². The highest BCUT2D eigenvalue weighted by atomic mass is 32.2. The Morgan fingerprint density at radius 3 is 2.43 bits per heavy atom. The zero-order valence-electron chi connectivity index (χ0n) is 16.3. The van der Waals surface area contributed by atoms with E-state index < -0.39 is 28.2 Å². The molecule has 0 N–H and O–H groups in total. The third-order valence-corrected chi connectivity index (χ3v) is 6.26. The lowest BCUT2D eigenvalue weighted by atomic mass is 10.1. The number of benzene rings is 1. The van der Waals surface area contributed by atoms with Gasteiger partial charge in [0, 0.05) is 33.0 Å². The third kappa shape index (κ3) is 5.30. The van der Waals surface area contributed by atoms with E-state index in [1.165, 1.54) is 16.7 Å². The summed E-state index contributed by atoms with van der Waals surface area (Å²) >= 11 is 0. The first-order valence-electron chi connectivity index (χ1n) is 9.07. The Morgan fingerprint density at radius 2 is 1.80 bits per heavy atom. The lowest BCUT2D eigenvalue weighted by Crippen LogP contribution is -2.44. The molecule has 8 nitrogen and oxygen atoms in total. The van der Waals surface area contributed by atoms with Crippen LogP contribution in [0.15, 0.2) is 41.6 Å². The number of nitrogens with zero attached hydrogens (tertiary/aromatic N) is 4. The molecular formula is C18H21F3N4O4S. The highest BCUT2D eigenvalue weighted by molar-refractivity contribution is 7.89. The van der Waals surface area contributed by atoms with E-state index in [9.17, 15) is 21.6 Å². The van der Waals surface area contributed by atoms with Crippen molar-refractivity contribution in [2.45, 2.75) is 30.2 Å². The lowest BCUT2D eigenvalue weighted by molar-refractivity contribution is -0.274. The number of aromatic nitrogens is 2. The van der Waals surface area contributed by atoms with Crippen LogP contribution in [-0.2, 0) is 10.0 Å². The van der Waals surface area contributed by atoms with Gasteiger partial charge in [0.05, 0.1) is 11.4 Å². The minimum atomic E-state index is -4.84. The van der Waals surface area contributed by atoms with Crippen molar-refractivity contribution >= 4 is 15.8 Å². The van der Waals surface area contributed by atoms with Crippen LogP contribution in [0.5, 0.6) is 11.6 Å². The van der Waals surface area contributed by atoms with E-state index in [0.717, 1.165) is 24.3 Å². The Balaban J connectivity index is 1.73. The molecule has 1 unspecified atom stereocenters. The maximum atomic E-state index is 12.9. The van der Waals surface area contributed by atoms with E-state index in [4.69, 9.17) is 4.74 Å². The Bertz CT molecular complexity index is 968. The molecule has 1 atom stereocenters. The largest absolute Gasteiger partial charge is 0.573 e. The van der Waals surface area contributed by atoms with Crippen LogP contribution in [0, 0.1) is 0 Å². The summed E-state index contributed by atoms with van der Waals surface area (Å²) in [4.78, 5) is 10.0. The first-order chi connectivity index (χ1) is 14.1. The van der Waals surface area contributed by atoms with Crippen LogP contribution >= 0.6 is 0 Å². The molecule has 0 amide bonds. The number of hydrogen-bond donors (Lipinski definition) is 0. The Labute approximate surface area is 172 Å². The fourth-order valence-electron chi connectivity index (χ4n) is 3.05. The molecule has 1 saturated heterocycles. The number of anilines is 1. The SMILES string of the molecule is CN(C)c1nccnc1OC1CCCN(S(=O)(=O)c2ccc(OC(F)(F)F)cc2)C1. The van der Waals surface area contributed by atoms with Crippen molar-refractivity contribution in [3.63, 3.8) is 0 Å². The average molecular weight is 446 g/mol. The standard InChI is InChI=1S/C18H21F3N4O4S/c1-24(2)16-17(23-10-9-22-16)28-14-4-3-11-25(12-14)30(26,27)15-7-5-13(6-8-15)29-18(19,20)21/h5-10,14H,3-4,11-12H2,1-2H3. The van der Waals surface area contributed by atoms with Crippen LogP contribution in [0.25, 0.3) is 0 Å². The van der Waals surface area contributed by atoms with E-state index in [-0.39, 0.29) is 18.0 Å². The molecule has 1 aromatic carbocycles. The number of halogens is 3. The summed E-state index contributed by atoms with van der Waals surface area (Å²) in [7, 11) is -0.319. The highest BCUT2D eigenvalue weighted by Crippen LogP contribution is 2.28. The van der Waals surface area contributed by atoms with Crippen molar-refractivity contribution in [2.75, 3.05) is 32.1 Å². The fourth-order valence-corrected chi connectivity index (χ4v) is 4.56. The quantitative estimate of drug-likeness (QED) is 0.675. The minimum Gasteiger partial charge on any atom is -0.470 e. The summed E-state index contributed by atoms with van der Waals surface area (Å²) in [6.45, 7) is 0.372. The Hall–Kier alpha value is -2.60. The van der Waals surface area contributed by atoms with Gasteiger partial charge in [0.25, 0.3) is 5.88 Å². The second-order valence-electron chi connectivity index (χ2n) is 6.84. The minimum absolute atomic E-state index is 0.0899. The van der Waals surface area contributed by atoms with E-state index in [1.54, 1.807) is 19.0 Å². The molecule has 1 aliphatic heterocycles. The van der Waals surface area contributed by atoms with Crippen LogP contribution in [0.4, 0.5) is 19.0 Å². The molecule has 0 bridgehead atoms. The molecule has 3 rings (SSSR count). The van der Waals surface area contributed by atoms with E-state index in [2.05, 4.69) is 14.7 Å². The van der Waals surface area contributed by atoms with Crippen LogP contribution in [0.3, 0.4) is 0 Å². The van der Waals surface area contributed by atoms with Gasteiger partial charge >= 0.3 is 6.36 Å². The van der Waals surface area contributed by atoms with Gasteiger partial charge in [0.2, 0.25) is 10.0 Å². The first-order valence-corrected chi connectivity index (χ1v) is 10.5. The molecule has 0 spiro atoms. The van der Waals surface area contributed by atoms with Gasteiger partial charge in [-0.1, -0.05) is 0 Å². The molecule has 164 valence electrons. The predicted molar refractivity (Wildman–Crippen MR) is 102 cm³/mol. The molecule has 2 aromatic rings. The Morgan fingerprint density at radius 1 is 1.13 bits per heavy atom. The predicted octanol–water partition coefficient (Wildman–Crippen LogP) is 2.67. The summed E-state index contributed by atoms with van der Waals surface area (Å²) < 4.78 is 73.7. The number of hydrogen-bond acceptors (Lipinski definition) is 7. The average Bonchev–Trinajstić information content (AvgIpc) is 2.67. The van der Waals surface area contributed by atoms with E-state index in [1.807, 2.05) is 0 Å². The van der Waals surface area contributed by atoms with Gasteiger partial charge < -0.3 is 14.4 Å². The van der Waals surface area contributed by atoms with Crippen LogP contribution < -0.4 is 14.4 Å². The van der Waals surface area contributed by atoms with Crippen LogP contribution in [0.2, 0.25) is 0 Å². The Kier molecular flexibility index (Phi) is 6.36. The first kappa shape index (κ1) is 22.1. The zero-order chi connectivity index (χ0) is 21.9. The van der Waals surface area contributed by atoms with Crippen molar-refractivity contribution in [3.8, 4) is 11.6 Å². The second kappa shape index (κ2) is 8.64. The summed E-state index contributed by atoms with van der Waals surface area (Å²) in [6, 6.07) is 4.13. The highest BCUT2D eigenvalue weighted by Gasteiger charge is 2.33. The van der Waals surface area contributed by atoms with Crippen molar-refractivity contribution in [3.05, 3.63) is 36.7 Å². The molecule has 1 aliphatic rings. The monoisotopic (exact) mass is 446 g/mol. The maximum absolute atomic E-state index is 12.9. The van der Waals surface area contributed by atoms with Crippen molar-refractivity contribution in [2.24, 2.45) is 0 Å². The molecule has 1 aromatic heterocycles. The number of sulfonamides is 1. The molecule has 1 fully saturated rings. The number of ether oxygens (including phenoxy) is 2. The molecule has 30 heavy (non-hydrogen) atoms. The van der Waals surface area contributed by atoms with Gasteiger partial charge in [-0.15, -0.1) is 13.2 Å². The van der Waals surface area contributed by atoms with Gasteiger partial charge in [0.1, 0.15) is 11.9 Å². The van der Waals surface area contributed by atoms with Gasteiger partial charge in [-0.2, -0.15) is 4.31 Å². The number of alkyl halides is 3. The van der Waals surface area contributed by atoms with E-state index >= 15 is 0 Å². The normalized spacial score (nSPS) is 18.1. The van der Waals surface area contributed by atoms with Crippen LogP contribution in [0.1, 0.15) is 12.8 Å². The summed E-state index contributed by atoms with van der Waals surface area (Å²) in [6.07, 6.45) is -1.05. The molecule has 0 saturated carbocycles. The number of rotatable bonds is 6. The maximum Gasteiger partial charge on any atom is 0.573 e. The molecule has 0 aliphatic carbocycles. The topological polar surface area (TPSA) is 84.9 Å². The van der Waals surface area contributed by atoms with Gasteiger partial charge in [-0.3, -0.25) is 0 Å². The fraction of sp³-hybridized carbons (Fsp3) is 0.444. The van der Waals surface area contributed by atoms with Crippen molar-refractivity contribution < 1.29 is 31.1 Å². The molecule has 2 heterocycles. The van der Waals surface area contributed by atoms with Gasteiger partial charge in [0.15, 0.2) is 5.82 Å². The zero-order valence-corrected chi connectivity index (χ0v) is 17.2. The molecular weight excluding hydrogens is 425 g/mol. The second-order valence-corrected chi connectivity index (χ2v) is 8.78. The smallest absolute Gasteiger partial charge is 0.470 e. The van der Waals surface area contributed by atoms with Gasteiger partial charge in [-0.05, 0) is 37.1 Å². The summed E-state index contributed by atoms with van der Waals surface area (Å²) in [5, 5.41) is 0. The van der Waals surface area contributed by atoms with Crippen molar-refractivity contribution in [1.82, 2.24) is 14.3 Å². The molecule has 0 radical (unpaired) electrons. The lowest BCUT2D eigenvalue weighted by Gasteiger charge is -2.32. The third-order valence-electron chi connectivity index (χ3n) is 4.38. The summed E-state index contributed by atoms with van der Waals surface area (Å²) in [5.41, 5.74) is 0. The summed E-state index contributed by atoms with van der Waals surface area (Å²) in [5.74, 6) is 0.346. The van der Waals surface area contributed by atoms with E-state index in [0.29, 0.717) is 24.5 Å². The molecule has 12 heteroatoms.